The Balaban J connectivity index is 2.04. The number of nitrogens with zero attached hydrogens (tertiary/aromatic N) is 2. The highest BCUT2D eigenvalue weighted by Gasteiger charge is 2.40. The predicted molar refractivity (Wildman–Crippen MR) is 58.0 cm³/mol. The van der Waals surface area contributed by atoms with Crippen LogP contribution in [0.25, 0.3) is 0 Å². The maximum absolute atomic E-state index is 2.86. The van der Waals surface area contributed by atoms with Gasteiger partial charge < -0.3 is 0 Å². The van der Waals surface area contributed by atoms with E-state index >= 15 is 0 Å². The van der Waals surface area contributed by atoms with Gasteiger partial charge in [-0.05, 0) is 21.3 Å². The largest absolute Gasteiger partial charge is 0.283 e. The van der Waals surface area contributed by atoms with Crippen molar-refractivity contribution in [3.63, 3.8) is 0 Å². The third kappa shape index (κ3) is 1.50. The molecule has 0 N–H and O–H groups in total. The van der Waals surface area contributed by atoms with E-state index in [9.17, 15) is 0 Å². The van der Waals surface area contributed by atoms with Gasteiger partial charge in [-0.15, -0.1) is 0 Å². The van der Waals surface area contributed by atoms with Crippen molar-refractivity contribution in [3.8, 4) is 0 Å². The molecule has 5 heteroatoms. The van der Waals surface area contributed by atoms with Crippen LogP contribution in [-0.2, 0) is 0 Å². The fourth-order valence-electron chi connectivity index (χ4n) is 2.18. The fraction of sp³-hybridized carbons (Fsp3) is 1.00. The third-order valence-electron chi connectivity index (χ3n) is 2.79. The van der Waals surface area contributed by atoms with E-state index in [0.717, 1.165) is 20.5 Å². The molecule has 2 fully saturated rings. The van der Waals surface area contributed by atoms with Gasteiger partial charge >= 0.3 is 0 Å². The first-order valence-electron chi connectivity index (χ1n) is 4.07. The first kappa shape index (κ1) is 8.79. The summed E-state index contributed by atoms with van der Waals surface area (Å²) in [7, 11) is 6.65. The predicted octanol–water partition coefficient (Wildman–Crippen LogP) is 1.31. The van der Waals surface area contributed by atoms with E-state index < -0.39 is 0 Å². The van der Waals surface area contributed by atoms with Crippen molar-refractivity contribution >= 4 is 26.7 Å². The van der Waals surface area contributed by atoms with Crippen molar-refractivity contribution in [2.75, 3.05) is 13.1 Å². The molecule has 0 aromatic rings. The Morgan fingerprint density at radius 2 is 1.91 bits per heavy atom. The number of rotatable bonds is 1. The average molecular weight is 208 g/mol. The monoisotopic (exact) mass is 208 g/mol. The van der Waals surface area contributed by atoms with Crippen LogP contribution in [-0.4, -0.2) is 34.5 Å². The van der Waals surface area contributed by atoms with Gasteiger partial charge in [0.2, 0.25) is 0 Å². The second kappa shape index (κ2) is 3.52. The highest BCUT2D eigenvalue weighted by molar-refractivity contribution is 8.01. The molecule has 5 unspecified atom stereocenters. The Kier molecular flexibility index (Phi) is 2.82. The molecule has 0 aromatic heterocycles. The summed E-state index contributed by atoms with van der Waals surface area (Å²) in [6.07, 6.45) is 2.74. The highest BCUT2D eigenvalue weighted by Crippen LogP contribution is 2.41. The summed E-state index contributed by atoms with van der Waals surface area (Å²) in [5.74, 6) is 0. The quantitative estimate of drug-likeness (QED) is 0.599. The zero-order valence-corrected chi connectivity index (χ0v) is 9.84. The lowest BCUT2D eigenvalue weighted by atomic mass is 10.1. The lowest BCUT2D eigenvalue weighted by molar-refractivity contribution is 0.398. The van der Waals surface area contributed by atoms with Crippen LogP contribution in [0.15, 0.2) is 0 Å². The molecule has 2 rings (SSSR count). The minimum absolute atomic E-state index is 0.841. The molecule has 64 valence electrons. The Labute approximate surface area is 74.7 Å². The SMILES string of the molecule is PPN1CCC2C1CCN2P. The standard InChI is InChI=1S/C6H15N2P3/c9-7-3-1-6-5(7)2-4-8(6)11-10/h5-6,11H,1-4,9-10H2. The van der Waals surface area contributed by atoms with E-state index in [1.165, 1.54) is 25.9 Å². The fourth-order valence-corrected chi connectivity index (χ4v) is 4.39. The summed E-state index contributed by atoms with van der Waals surface area (Å²) in [5.41, 5.74) is 0. The van der Waals surface area contributed by atoms with Gasteiger partial charge in [0.15, 0.2) is 0 Å². The summed E-state index contributed by atoms with van der Waals surface area (Å²) in [6, 6.07) is 1.70. The molecule has 0 amide bonds. The topological polar surface area (TPSA) is 6.48 Å². The van der Waals surface area contributed by atoms with E-state index in [-0.39, 0.29) is 0 Å². The second-order valence-electron chi connectivity index (χ2n) is 3.27. The lowest BCUT2D eigenvalue weighted by Gasteiger charge is -2.21. The van der Waals surface area contributed by atoms with E-state index in [4.69, 9.17) is 0 Å². The van der Waals surface area contributed by atoms with E-state index in [0.29, 0.717) is 0 Å². The number of hydrogen-bond donors (Lipinski definition) is 0. The maximum atomic E-state index is 2.86. The molecule has 0 saturated carbocycles. The van der Waals surface area contributed by atoms with Crippen molar-refractivity contribution in [2.45, 2.75) is 24.9 Å². The minimum atomic E-state index is 0.841. The Morgan fingerprint density at radius 3 is 2.64 bits per heavy atom. The maximum Gasteiger partial charge on any atom is 0.0306 e. The van der Waals surface area contributed by atoms with Crippen LogP contribution in [0.3, 0.4) is 0 Å². The molecule has 2 aliphatic heterocycles. The van der Waals surface area contributed by atoms with E-state index in [2.05, 4.69) is 27.7 Å². The molecule has 0 aliphatic carbocycles. The summed E-state index contributed by atoms with van der Waals surface area (Å²) in [5, 5.41) is 0. The summed E-state index contributed by atoms with van der Waals surface area (Å²) in [6.45, 7) is 2.58. The van der Waals surface area contributed by atoms with Gasteiger partial charge in [0.1, 0.15) is 0 Å². The molecule has 0 bridgehead atoms. The molecule has 0 radical (unpaired) electrons. The molecule has 0 aromatic carbocycles. The summed E-state index contributed by atoms with van der Waals surface area (Å²) < 4.78 is 5.05. The zero-order chi connectivity index (χ0) is 7.84. The average Bonchev–Trinajstić information content (AvgIpc) is 2.53. The minimum Gasteiger partial charge on any atom is -0.283 e. The Morgan fingerprint density at radius 1 is 1.18 bits per heavy atom. The third-order valence-corrected chi connectivity index (χ3v) is 5.31. The lowest BCUT2D eigenvalue weighted by Crippen LogP contribution is -2.27. The molecule has 2 aliphatic rings. The molecule has 2 heterocycles. The Bertz CT molecular complexity index is 155. The van der Waals surface area contributed by atoms with Crippen molar-refractivity contribution in [1.29, 1.82) is 0 Å². The van der Waals surface area contributed by atoms with Crippen LogP contribution >= 0.6 is 26.7 Å². The first-order valence-corrected chi connectivity index (χ1v) is 7.34. The van der Waals surface area contributed by atoms with Gasteiger partial charge in [0.25, 0.3) is 0 Å². The van der Waals surface area contributed by atoms with Gasteiger partial charge in [0.05, 0.1) is 0 Å². The van der Waals surface area contributed by atoms with Gasteiger partial charge in [-0.3, -0.25) is 9.34 Å². The van der Waals surface area contributed by atoms with Crippen LogP contribution in [0.4, 0.5) is 0 Å². The van der Waals surface area contributed by atoms with Crippen molar-refractivity contribution < 1.29 is 0 Å². The van der Waals surface area contributed by atoms with Crippen LogP contribution in [0.5, 0.6) is 0 Å². The van der Waals surface area contributed by atoms with Crippen LogP contribution in [0, 0.1) is 0 Å². The van der Waals surface area contributed by atoms with Gasteiger partial charge in [-0.25, -0.2) is 0 Å². The molecule has 5 atom stereocenters. The summed E-state index contributed by atoms with van der Waals surface area (Å²) in [4.78, 5) is 0. The molecule has 0 spiro atoms. The van der Waals surface area contributed by atoms with Gasteiger partial charge in [0, 0.05) is 25.2 Å². The molecular weight excluding hydrogens is 193 g/mol. The number of fused-ring (bicyclic) bond motifs is 1. The van der Waals surface area contributed by atoms with Crippen LogP contribution < -0.4 is 0 Å². The van der Waals surface area contributed by atoms with Gasteiger partial charge in [-0.2, -0.15) is 0 Å². The second-order valence-corrected chi connectivity index (χ2v) is 5.54. The van der Waals surface area contributed by atoms with Gasteiger partial charge in [-0.1, -0.05) is 18.3 Å². The van der Waals surface area contributed by atoms with Crippen LogP contribution in [0.1, 0.15) is 12.8 Å². The van der Waals surface area contributed by atoms with E-state index in [1.807, 2.05) is 0 Å². The summed E-state index contributed by atoms with van der Waals surface area (Å²) >= 11 is 0. The zero-order valence-electron chi connectivity index (χ0n) is 6.53. The number of hydrogen-bond acceptors (Lipinski definition) is 2. The normalized spacial score (nSPS) is 40.9. The van der Waals surface area contributed by atoms with Crippen LogP contribution in [0.2, 0.25) is 0 Å². The van der Waals surface area contributed by atoms with E-state index in [1.54, 1.807) is 0 Å². The molecule has 11 heavy (non-hydrogen) atoms. The Hall–Kier alpha value is 1.21. The molecular formula is C6H15N2P3. The highest BCUT2D eigenvalue weighted by atomic mass is 32.0. The molecule has 2 saturated heterocycles. The van der Waals surface area contributed by atoms with Crippen molar-refractivity contribution in [3.05, 3.63) is 0 Å². The van der Waals surface area contributed by atoms with Crippen molar-refractivity contribution in [2.24, 2.45) is 0 Å². The first-order chi connectivity index (χ1) is 5.33. The molecule has 2 nitrogen and oxygen atoms in total. The van der Waals surface area contributed by atoms with Crippen molar-refractivity contribution in [1.82, 2.24) is 9.34 Å². The smallest absolute Gasteiger partial charge is 0.0306 e.